The number of nitrogens with zero attached hydrogens (tertiary/aromatic N) is 3. The number of ether oxygens (including phenoxy) is 3. The van der Waals surface area contributed by atoms with E-state index in [4.69, 9.17) is 19.9 Å². The molecule has 0 saturated carbocycles. The van der Waals surface area contributed by atoms with Crippen LogP contribution in [-0.4, -0.2) is 98.8 Å². The van der Waals surface area contributed by atoms with E-state index in [2.05, 4.69) is 15.0 Å². The first-order chi connectivity index (χ1) is 21.3. The van der Waals surface area contributed by atoms with Crippen LogP contribution in [0.3, 0.4) is 0 Å². The van der Waals surface area contributed by atoms with Crippen molar-refractivity contribution in [2.45, 2.75) is 104 Å². The zero-order chi connectivity index (χ0) is 34.6. The fourth-order valence-electron chi connectivity index (χ4n) is 5.61. The summed E-state index contributed by atoms with van der Waals surface area (Å²) in [5.74, 6) is 0.120. The summed E-state index contributed by atoms with van der Waals surface area (Å²) in [5, 5.41) is 5.48. The molecule has 0 bridgehead atoms. The van der Waals surface area contributed by atoms with E-state index in [1.165, 1.54) is 4.90 Å². The molecule has 3 amide bonds. The first-order valence-corrected chi connectivity index (χ1v) is 17.1. The van der Waals surface area contributed by atoms with Crippen LogP contribution in [0.15, 0.2) is 9.29 Å². The molecule has 258 valence electrons. The second kappa shape index (κ2) is 14.3. The first-order valence-electron chi connectivity index (χ1n) is 15.6. The number of fused-ring (bicyclic) bond motifs is 1. The van der Waals surface area contributed by atoms with Crippen LogP contribution < -0.4 is 21.1 Å². The Bertz CT molecular complexity index is 1460. The van der Waals surface area contributed by atoms with Crippen LogP contribution in [0.1, 0.15) is 76.6 Å². The van der Waals surface area contributed by atoms with Gasteiger partial charge in [0.2, 0.25) is 11.9 Å². The Morgan fingerprint density at radius 3 is 2.24 bits per heavy atom. The number of rotatable bonds is 9. The highest BCUT2D eigenvalue weighted by molar-refractivity contribution is 7.90. The molecule has 0 radical (unpaired) electrons. The molecule has 46 heavy (non-hydrogen) atoms. The minimum atomic E-state index is -4.16. The van der Waals surface area contributed by atoms with Gasteiger partial charge in [-0.1, -0.05) is 0 Å². The molecule has 1 aromatic carbocycles. The molecule has 3 rings (SSSR count). The highest BCUT2D eigenvalue weighted by Crippen LogP contribution is 2.44. The number of carbonyl (C=O) groups excluding carboxylic acids is 3. The van der Waals surface area contributed by atoms with E-state index in [-0.39, 0.29) is 49.4 Å². The molecule has 2 aliphatic heterocycles. The van der Waals surface area contributed by atoms with Crippen LogP contribution in [0, 0.1) is 20.8 Å². The van der Waals surface area contributed by atoms with Gasteiger partial charge >= 0.3 is 12.2 Å². The van der Waals surface area contributed by atoms with Crippen LogP contribution in [0.2, 0.25) is 0 Å². The van der Waals surface area contributed by atoms with Gasteiger partial charge < -0.3 is 40.4 Å². The van der Waals surface area contributed by atoms with Crippen molar-refractivity contribution in [3.05, 3.63) is 22.3 Å². The van der Waals surface area contributed by atoms with Crippen LogP contribution >= 0.6 is 0 Å². The number of alkyl carbamates (subject to hydrolysis) is 1. The lowest BCUT2D eigenvalue weighted by molar-refractivity contribution is -0.135. The highest BCUT2D eigenvalue weighted by atomic mass is 32.2. The molecule has 1 atom stereocenters. The maximum atomic E-state index is 13.5. The quantitative estimate of drug-likeness (QED) is 0.201. The number of guanidine groups is 1. The summed E-state index contributed by atoms with van der Waals surface area (Å²) in [6, 6.07) is -0.918. The third-order valence-corrected chi connectivity index (χ3v) is 9.42. The van der Waals surface area contributed by atoms with Crippen molar-refractivity contribution in [3.8, 4) is 5.75 Å². The monoisotopic (exact) mass is 666 g/mol. The standard InChI is InChI=1S/C31H50N6O8S/c1-10-43-29(40)37-16-14-36(15-17-37)26(38)23(34-28(39)45-30(5,6)7)12-11-13-33-27(32)35-46(41,42)25-20(3)19(2)24-22(21(25)4)18-31(8,9)44-24/h23H,10-18H2,1-9H3,(H,34,39)(H3,32,33,35). The predicted molar refractivity (Wildman–Crippen MR) is 173 cm³/mol. The number of benzene rings is 1. The average molecular weight is 667 g/mol. The van der Waals surface area contributed by atoms with Crippen LogP contribution in [0.5, 0.6) is 5.75 Å². The second-order valence-corrected chi connectivity index (χ2v) is 14.8. The minimum absolute atomic E-state index is 0.116. The molecule has 1 fully saturated rings. The maximum absolute atomic E-state index is 13.5. The van der Waals surface area contributed by atoms with Gasteiger partial charge in [-0.05, 0) is 91.8 Å². The number of hydrogen-bond acceptors (Lipinski definition) is 8. The van der Waals surface area contributed by atoms with E-state index in [1.54, 1.807) is 46.4 Å². The molecule has 1 aromatic rings. The Morgan fingerprint density at radius 2 is 1.65 bits per heavy atom. The van der Waals surface area contributed by atoms with Gasteiger partial charge in [-0.25, -0.2) is 9.59 Å². The molecule has 15 heteroatoms. The zero-order valence-corrected chi connectivity index (χ0v) is 29.4. The van der Waals surface area contributed by atoms with Gasteiger partial charge in [-0.15, -0.1) is 4.40 Å². The fourth-order valence-corrected chi connectivity index (χ4v) is 7.08. The summed E-state index contributed by atoms with van der Waals surface area (Å²) in [4.78, 5) is 41.3. The number of nitrogens with two attached hydrogens (primary N) is 1. The SMILES string of the molecule is CCOC(=O)N1CCN(C(=O)C(CCCNC(N)=NS(=O)(=O)c2c(C)c(C)c3c(c2C)CC(C)(C)O3)NC(=O)OC(C)(C)C)CC1. The Labute approximate surface area is 272 Å². The lowest BCUT2D eigenvalue weighted by atomic mass is 9.94. The number of amides is 3. The summed E-state index contributed by atoms with van der Waals surface area (Å²) < 4.78 is 47.3. The Balaban J connectivity index is 1.67. The lowest BCUT2D eigenvalue weighted by Crippen LogP contribution is -2.56. The van der Waals surface area contributed by atoms with Gasteiger partial charge in [-0.2, -0.15) is 8.42 Å². The van der Waals surface area contributed by atoms with Crippen LogP contribution in [-0.2, 0) is 30.7 Å². The smallest absolute Gasteiger partial charge is 0.409 e. The van der Waals surface area contributed by atoms with Gasteiger partial charge in [0, 0.05) is 44.7 Å². The average Bonchev–Trinajstić information content (AvgIpc) is 3.27. The summed E-state index contributed by atoms with van der Waals surface area (Å²) in [5.41, 5.74) is 7.57. The van der Waals surface area contributed by atoms with E-state index < -0.39 is 39.5 Å². The van der Waals surface area contributed by atoms with Crippen molar-refractivity contribution >= 4 is 34.1 Å². The zero-order valence-electron chi connectivity index (χ0n) is 28.5. The molecule has 2 heterocycles. The predicted octanol–water partition coefficient (Wildman–Crippen LogP) is 2.89. The summed E-state index contributed by atoms with van der Waals surface area (Å²) in [6.45, 7) is 17.8. The largest absolute Gasteiger partial charge is 0.487 e. The summed E-state index contributed by atoms with van der Waals surface area (Å²) in [7, 11) is -4.16. The molecule has 2 aliphatic rings. The van der Waals surface area contributed by atoms with Gasteiger partial charge in [-0.3, -0.25) is 4.79 Å². The minimum Gasteiger partial charge on any atom is -0.487 e. The van der Waals surface area contributed by atoms with Gasteiger partial charge in [0.25, 0.3) is 10.0 Å². The van der Waals surface area contributed by atoms with Crippen molar-refractivity contribution in [1.29, 1.82) is 0 Å². The molecular formula is C31H50N6O8S. The number of sulfonamides is 1. The van der Waals surface area contributed by atoms with Gasteiger partial charge in [0.1, 0.15) is 23.0 Å². The summed E-state index contributed by atoms with van der Waals surface area (Å²) in [6.07, 6.45) is -0.0390. The molecule has 1 saturated heterocycles. The number of nitrogens with one attached hydrogen (secondary N) is 2. The highest BCUT2D eigenvalue weighted by Gasteiger charge is 2.37. The molecule has 0 spiro atoms. The topological polar surface area (TPSA) is 182 Å². The van der Waals surface area contributed by atoms with Crippen molar-refractivity contribution in [3.63, 3.8) is 0 Å². The Hall–Kier alpha value is -3.75. The number of piperazine rings is 1. The molecular weight excluding hydrogens is 616 g/mol. The van der Waals surface area contributed by atoms with Crippen LogP contribution in [0.25, 0.3) is 0 Å². The van der Waals surface area contributed by atoms with Crippen molar-refractivity contribution in [2.75, 3.05) is 39.3 Å². The van der Waals surface area contributed by atoms with E-state index >= 15 is 0 Å². The fraction of sp³-hybridized carbons (Fsp3) is 0.677. The molecule has 14 nitrogen and oxygen atoms in total. The Morgan fingerprint density at radius 1 is 1.04 bits per heavy atom. The normalized spacial score (nSPS) is 17.1. The molecule has 0 aromatic heterocycles. The van der Waals surface area contributed by atoms with Crippen LogP contribution in [0.4, 0.5) is 9.59 Å². The molecule has 4 N–H and O–H groups in total. The van der Waals surface area contributed by atoms with Crippen molar-refractivity contribution in [1.82, 2.24) is 20.4 Å². The Kier molecular flexibility index (Phi) is 11.5. The third kappa shape index (κ3) is 9.17. The molecule has 1 unspecified atom stereocenters. The van der Waals surface area contributed by atoms with E-state index in [0.717, 1.165) is 16.9 Å². The number of carbonyl (C=O) groups is 3. The van der Waals surface area contributed by atoms with Gasteiger partial charge in [0.05, 0.1) is 11.5 Å². The molecule has 0 aliphatic carbocycles. The maximum Gasteiger partial charge on any atom is 0.409 e. The number of hydrogen-bond donors (Lipinski definition) is 3. The van der Waals surface area contributed by atoms with Gasteiger partial charge in [0.15, 0.2) is 0 Å². The van der Waals surface area contributed by atoms with E-state index in [0.29, 0.717) is 37.1 Å². The van der Waals surface area contributed by atoms with E-state index in [9.17, 15) is 22.8 Å². The first kappa shape index (κ1) is 36.7. The lowest BCUT2D eigenvalue weighted by Gasteiger charge is -2.36. The third-order valence-electron chi connectivity index (χ3n) is 7.85. The summed E-state index contributed by atoms with van der Waals surface area (Å²) >= 11 is 0. The van der Waals surface area contributed by atoms with E-state index in [1.807, 2.05) is 20.8 Å². The van der Waals surface area contributed by atoms with Crippen molar-refractivity contribution < 1.29 is 37.0 Å². The van der Waals surface area contributed by atoms with Crippen molar-refractivity contribution in [2.24, 2.45) is 10.1 Å². The second-order valence-electron chi connectivity index (χ2n) is 13.3.